The smallest absolute Gasteiger partial charge is 0.265 e. The highest BCUT2D eigenvalue weighted by molar-refractivity contribution is 9.10. The van der Waals surface area contributed by atoms with Crippen LogP contribution < -0.4 is 19.7 Å². The molecule has 0 aliphatic carbocycles. The minimum atomic E-state index is -0.232. The highest BCUT2D eigenvalue weighted by atomic mass is 79.9. The molecule has 0 atom stereocenters. The summed E-state index contributed by atoms with van der Waals surface area (Å²) in [5, 5.41) is 2.87. The van der Waals surface area contributed by atoms with E-state index in [4.69, 9.17) is 9.47 Å². The van der Waals surface area contributed by atoms with Crippen molar-refractivity contribution in [2.24, 2.45) is 0 Å². The molecule has 0 radical (unpaired) electrons. The topological polar surface area (TPSA) is 67.9 Å². The summed E-state index contributed by atoms with van der Waals surface area (Å²) in [6.45, 7) is 2.69. The molecule has 4 rings (SSSR count). The zero-order chi connectivity index (χ0) is 21.8. The van der Waals surface area contributed by atoms with E-state index in [0.29, 0.717) is 35.8 Å². The average molecular weight is 481 g/mol. The summed E-state index contributed by atoms with van der Waals surface area (Å²) in [5.74, 6) is 0.958. The Bertz CT molecular complexity index is 1100. The van der Waals surface area contributed by atoms with Gasteiger partial charge in [0.05, 0.1) is 12.2 Å². The molecule has 2 amide bonds. The molecular formula is C24H21BrN2O4. The lowest BCUT2D eigenvalue weighted by molar-refractivity contribution is -0.121. The van der Waals surface area contributed by atoms with E-state index in [1.54, 1.807) is 35.2 Å². The molecule has 1 aliphatic rings. The summed E-state index contributed by atoms with van der Waals surface area (Å²) in [6.07, 6.45) is 0. The Morgan fingerprint density at radius 1 is 1.10 bits per heavy atom. The predicted molar refractivity (Wildman–Crippen MR) is 123 cm³/mol. The van der Waals surface area contributed by atoms with Crippen molar-refractivity contribution in [2.75, 3.05) is 30.0 Å². The van der Waals surface area contributed by atoms with Gasteiger partial charge in [0.1, 0.15) is 18.1 Å². The Morgan fingerprint density at radius 2 is 1.84 bits per heavy atom. The molecule has 1 N–H and O–H groups in total. The van der Waals surface area contributed by atoms with Gasteiger partial charge in [0.2, 0.25) is 0 Å². The van der Waals surface area contributed by atoms with Gasteiger partial charge in [0, 0.05) is 15.7 Å². The van der Waals surface area contributed by atoms with Gasteiger partial charge in [-0.05, 0) is 61.5 Å². The van der Waals surface area contributed by atoms with Gasteiger partial charge < -0.3 is 19.7 Å². The SMILES string of the molecule is Cc1ccc(OCCN2C(=O)COc3ccc(NC(=O)c4ccc(Br)cc4)cc32)cc1. The summed E-state index contributed by atoms with van der Waals surface area (Å²) >= 11 is 3.36. The Kier molecular flexibility index (Phi) is 6.23. The average Bonchev–Trinajstić information content (AvgIpc) is 2.77. The normalized spacial score (nSPS) is 12.7. The molecule has 0 fully saturated rings. The number of aryl methyl sites for hydroxylation is 1. The number of ether oxygens (including phenoxy) is 2. The number of anilines is 2. The highest BCUT2D eigenvalue weighted by Gasteiger charge is 2.26. The predicted octanol–water partition coefficient (Wildman–Crippen LogP) is 4.81. The number of nitrogens with zero attached hydrogens (tertiary/aromatic N) is 1. The minimum absolute atomic E-state index is 0.0257. The standard InChI is InChI=1S/C24H21BrN2O4/c1-16-2-9-20(10-3-16)30-13-12-27-21-14-19(8-11-22(21)31-15-23(27)28)26-24(29)17-4-6-18(25)7-5-17/h2-11,14H,12-13,15H2,1H3,(H,26,29). The van der Waals surface area contributed by atoms with Crippen LogP contribution in [0.2, 0.25) is 0 Å². The molecule has 0 saturated carbocycles. The van der Waals surface area contributed by atoms with E-state index in [-0.39, 0.29) is 18.4 Å². The first-order chi connectivity index (χ1) is 15.0. The Labute approximate surface area is 188 Å². The fraction of sp³-hybridized carbons (Fsp3) is 0.167. The molecule has 158 valence electrons. The number of fused-ring (bicyclic) bond motifs is 1. The zero-order valence-corrected chi connectivity index (χ0v) is 18.5. The second-order valence-corrected chi connectivity index (χ2v) is 8.05. The Morgan fingerprint density at radius 3 is 2.58 bits per heavy atom. The molecule has 1 heterocycles. The third kappa shape index (κ3) is 5.06. The van der Waals surface area contributed by atoms with Crippen LogP contribution in [0.15, 0.2) is 71.2 Å². The van der Waals surface area contributed by atoms with Crippen molar-refractivity contribution in [3.8, 4) is 11.5 Å². The quantitative estimate of drug-likeness (QED) is 0.549. The van der Waals surface area contributed by atoms with Crippen LogP contribution in [0.4, 0.5) is 11.4 Å². The van der Waals surface area contributed by atoms with Crippen LogP contribution >= 0.6 is 15.9 Å². The van der Waals surface area contributed by atoms with Gasteiger partial charge in [-0.15, -0.1) is 0 Å². The molecular weight excluding hydrogens is 460 g/mol. The summed E-state index contributed by atoms with van der Waals surface area (Å²) in [4.78, 5) is 26.6. The number of rotatable bonds is 6. The third-order valence-corrected chi connectivity index (χ3v) is 5.40. The molecule has 0 aromatic heterocycles. The molecule has 0 spiro atoms. The van der Waals surface area contributed by atoms with Crippen LogP contribution in [0.1, 0.15) is 15.9 Å². The van der Waals surface area contributed by atoms with Gasteiger partial charge in [-0.1, -0.05) is 33.6 Å². The molecule has 3 aromatic carbocycles. The van der Waals surface area contributed by atoms with Crippen molar-refractivity contribution in [3.05, 3.63) is 82.3 Å². The summed E-state index contributed by atoms with van der Waals surface area (Å²) < 4.78 is 12.2. The number of carbonyl (C=O) groups excluding carboxylic acids is 2. The fourth-order valence-electron chi connectivity index (χ4n) is 3.22. The summed E-state index contributed by atoms with van der Waals surface area (Å²) in [5.41, 5.74) is 2.88. The van der Waals surface area contributed by atoms with E-state index >= 15 is 0 Å². The van der Waals surface area contributed by atoms with Crippen molar-refractivity contribution < 1.29 is 19.1 Å². The molecule has 1 aliphatic heterocycles. The lowest BCUT2D eigenvalue weighted by atomic mass is 10.2. The van der Waals surface area contributed by atoms with Crippen molar-refractivity contribution in [3.63, 3.8) is 0 Å². The number of nitrogens with one attached hydrogen (secondary N) is 1. The number of amides is 2. The van der Waals surface area contributed by atoms with E-state index in [1.807, 2.05) is 43.3 Å². The Hall–Kier alpha value is -3.32. The summed E-state index contributed by atoms with van der Waals surface area (Å²) in [7, 11) is 0. The van der Waals surface area contributed by atoms with E-state index in [1.165, 1.54) is 0 Å². The first kappa shape index (κ1) is 20.9. The van der Waals surface area contributed by atoms with Crippen LogP contribution in [0, 0.1) is 6.92 Å². The molecule has 0 unspecified atom stereocenters. The van der Waals surface area contributed by atoms with Crippen molar-refractivity contribution in [2.45, 2.75) is 6.92 Å². The van der Waals surface area contributed by atoms with Crippen molar-refractivity contribution in [1.29, 1.82) is 0 Å². The number of hydrogen-bond acceptors (Lipinski definition) is 4. The van der Waals surface area contributed by atoms with Gasteiger partial charge >= 0.3 is 0 Å². The van der Waals surface area contributed by atoms with Gasteiger partial charge in [-0.3, -0.25) is 9.59 Å². The monoisotopic (exact) mass is 480 g/mol. The Balaban J connectivity index is 1.47. The molecule has 6 nitrogen and oxygen atoms in total. The van der Waals surface area contributed by atoms with Gasteiger partial charge in [0.25, 0.3) is 11.8 Å². The van der Waals surface area contributed by atoms with E-state index in [9.17, 15) is 9.59 Å². The van der Waals surface area contributed by atoms with Crippen LogP contribution in [-0.4, -0.2) is 31.6 Å². The number of halogens is 1. The van der Waals surface area contributed by atoms with E-state index < -0.39 is 0 Å². The van der Waals surface area contributed by atoms with Gasteiger partial charge in [0.15, 0.2) is 6.61 Å². The maximum Gasteiger partial charge on any atom is 0.265 e. The largest absolute Gasteiger partial charge is 0.492 e. The van der Waals surface area contributed by atoms with Crippen LogP contribution in [0.3, 0.4) is 0 Å². The lowest BCUT2D eigenvalue weighted by Crippen LogP contribution is -2.41. The second-order valence-electron chi connectivity index (χ2n) is 7.14. The maximum atomic E-state index is 12.5. The molecule has 31 heavy (non-hydrogen) atoms. The third-order valence-electron chi connectivity index (χ3n) is 4.87. The van der Waals surface area contributed by atoms with E-state index in [2.05, 4.69) is 21.2 Å². The van der Waals surface area contributed by atoms with E-state index in [0.717, 1.165) is 15.8 Å². The fourth-order valence-corrected chi connectivity index (χ4v) is 3.48. The highest BCUT2D eigenvalue weighted by Crippen LogP contribution is 2.34. The lowest BCUT2D eigenvalue weighted by Gasteiger charge is -2.29. The van der Waals surface area contributed by atoms with Crippen molar-refractivity contribution >= 4 is 39.1 Å². The zero-order valence-electron chi connectivity index (χ0n) is 16.9. The van der Waals surface area contributed by atoms with Gasteiger partial charge in [-0.25, -0.2) is 0 Å². The van der Waals surface area contributed by atoms with Crippen LogP contribution in [0.5, 0.6) is 11.5 Å². The molecule has 3 aromatic rings. The maximum absolute atomic E-state index is 12.5. The van der Waals surface area contributed by atoms with Crippen LogP contribution in [-0.2, 0) is 4.79 Å². The van der Waals surface area contributed by atoms with Gasteiger partial charge in [-0.2, -0.15) is 0 Å². The number of hydrogen-bond donors (Lipinski definition) is 1. The second kappa shape index (κ2) is 9.22. The summed E-state index contributed by atoms with van der Waals surface area (Å²) in [6, 6.07) is 20.1. The molecule has 7 heteroatoms. The first-order valence-electron chi connectivity index (χ1n) is 9.83. The molecule has 0 bridgehead atoms. The first-order valence-corrected chi connectivity index (χ1v) is 10.6. The van der Waals surface area contributed by atoms with Crippen LogP contribution in [0.25, 0.3) is 0 Å². The van der Waals surface area contributed by atoms with Crippen molar-refractivity contribution in [1.82, 2.24) is 0 Å². The minimum Gasteiger partial charge on any atom is -0.492 e. The number of benzene rings is 3. The molecule has 0 saturated heterocycles. The number of carbonyl (C=O) groups is 2.